The average molecular weight is 494 g/mol. The Bertz CT molecular complexity index is 1420. The van der Waals surface area contributed by atoms with Crippen LogP contribution in [-0.2, 0) is 19.6 Å². The van der Waals surface area contributed by atoms with E-state index in [0.717, 1.165) is 0 Å². The third-order valence-corrected chi connectivity index (χ3v) is 6.30. The molecule has 0 aliphatic carbocycles. The van der Waals surface area contributed by atoms with Crippen molar-refractivity contribution in [2.75, 3.05) is 4.90 Å². The largest absolute Gasteiger partial charge is 0.507 e. The highest BCUT2D eigenvalue weighted by atomic mass is 32.2. The molecule has 35 heavy (non-hydrogen) atoms. The molecule has 9 nitrogen and oxygen atoms in total. The van der Waals surface area contributed by atoms with Gasteiger partial charge in [0.1, 0.15) is 11.5 Å². The van der Waals surface area contributed by atoms with Gasteiger partial charge in [0.2, 0.25) is 10.0 Å². The summed E-state index contributed by atoms with van der Waals surface area (Å²) in [4.78, 5) is 31.5. The van der Waals surface area contributed by atoms with Gasteiger partial charge in [0.15, 0.2) is 0 Å². The third kappa shape index (κ3) is 4.79. The van der Waals surface area contributed by atoms with E-state index >= 15 is 0 Å². The van der Waals surface area contributed by atoms with Crippen molar-refractivity contribution in [3.63, 3.8) is 0 Å². The number of sulfonamides is 1. The van der Waals surface area contributed by atoms with Crippen LogP contribution >= 0.6 is 0 Å². The summed E-state index contributed by atoms with van der Waals surface area (Å²) in [6, 6.07) is 14.2. The maximum absolute atomic E-state index is 13.2. The maximum Gasteiger partial charge on any atom is 0.300 e. The minimum absolute atomic E-state index is 0.103. The van der Waals surface area contributed by atoms with Crippen LogP contribution < -0.4 is 14.8 Å². The van der Waals surface area contributed by atoms with Gasteiger partial charge in [-0.05, 0) is 61.9 Å². The van der Waals surface area contributed by atoms with E-state index in [1.54, 1.807) is 42.6 Å². The first kappa shape index (κ1) is 24.1. The average Bonchev–Trinajstić information content (AvgIpc) is 3.09. The number of pyridine rings is 1. The zero-order valence-electron chi connectivity index (χ0n) is 19.0. The SMILES string of the molecule is CC(C)Oc1cccc(/C(O)=C2\C(=O)C(=O)N(c3ccc(S(N)(=O)=O)cc3)C2c2cccnc2)c1. The number of ketones is 1. The van der Waals surface area contributed by atoms with Crippen LogP contribution in [0.15, 0.2) is 83.5 Å². The number of rotatable bonds is 6. The van der Waals surface area contributed by atoms with Crippen molar-refractivity contribution in [2.24, 2.45) is 5.14 Å². The molecule has 4 rings (SSSR count). The molecule has 1 atom stereocenters. The van der Waals surface area contributed by atoms with Gasteiger partial charge in [0.25, 0.3) is 11.7 Å². The summed E-state index contributed by atoms with van der Waals surface area (Å²) < 4.78 is 29.0. The summed E-state index contributed by atoms with van der Waals surface area (Å²) in [7, 11) is -3.95. The number of anilines is 1. The highest BCUT2D eigenvalue weighted by Gasteiger charge is 2.47. The fourth-order valence-electron chi connectivity index (χ4n) is 3.89. The number of nitrogens with two attached hydrogens (primary N) is 1. The standard InChI is InChI=1S/C25H23N3O6S/c1-15(2)34-19-7-3-5-16(13-19)23(29)21-22(17-6-4-12-27-14-17)28(25(31)24(21)30)18-8-10-20(11-9-18)35(26,32)33/h3-15,22,29H,1-2H3,(H2,26,32,33)/b23-21+. The number of aliphatic hydroxyl groups excluding tert-OH is 1. The summed E-state index contributed by atoms with van der Waals surface area (Å²) in [5.41, 5.74) is 0.919. The van der Waals surface area contributed by atoms with Crippen molar-refractivity contribution in [1.29, 1.82) is 0 Å². The van der Waals surface area contributed by atoms with Crippen molar-refractivity contribution in [3.8, 4) is 5.75 Å². The zero-order valence-corrected chi connectivity index (χ0v) is 19.8. The molecule has 0 bridgehead atoms. The Balaban J connectivity index is 1.88. The summed E-state index contributed by atoms with van der Waals surface area (Å²) in [6.07, 6.45) is 2.94. The number of aromatic nitrogens is 1. The van der Waals surface area contributed by atoms with Crippen LogP contribution in [0.25, 0.3) is 5.76 Å². The Morgan fingerprint density at radius 3 is 2.40 bits per heavy atom. The van der Waals surface area contributed by atoms with Gasteiger partial charge in [-0.3, -0.25) is 19.5 Å². The van der Waals surface area contributed by atoms with Gasteiger partial charge in [-0.2, -0.15) is 0 Å². The van der Waals surface area contributed by atoms with Crippen LogP contribution in [0.5, 0.6) is 5.75 Å². The molecule has 1 aliphatic rings. The molecule has 0 saturated carbocycles. The zero-order chi connectivity index (χ0) is 25.3. The van der Waals surface area contributed by atoms with E-state index in [-0.39, 0.29) is 28.0 Å². The lowest BCUT2D eigenvalue weighted by atomic mass is 9.96. The molecule has 2 heterocycles. The summed E-state index contributed by atoms with van der Waals surface area (Å²) in [6.45, 7) is 3.73. The summed E-state index contributed by atoms with van der Waals surface area (Å²) >= 11 is 0. The first-order valence-electron chi connectivity index (χ1n) is 10.7. The molecule has 1 aromatic heterocycles. The van der Waals surface area contributed by atoms with Crippen molar-refractivity contribution < 1.29 is 27.9 Å². The minimum Gasteiger partial charge on any atom is -0.507 e. The third-order valence-electron chi connectivity index (χ3n) is 5.37. The van der Waals surface area contributed by atoms with Crippen molar-refractivity contribution in [3.05, 3.63) is 89.8 Å². The molecule has 3 aromatic rings. The lowest BCUT2D eigenvalue weighted by molar-refractivity contribution is -0.132. The lowest BCUT2D eigenvalue weighted by Gasteiger charge is -2.25. The number of hydrogen-bond donors (Lipinski definition) is 2. The molecule has 2 aromatic carbocycles. The van der Waals surface area contributed by atoms with Crippen LogP contribution in [0.4, 0.5) is 5.69 Å². The predicted octanol–water partition coefficient (Wildman–Crippen LogP) is 3.14. The topological polar surface area (TPSA) is 140 Å². The molecule has 10 heteroatoms. The molecule has 180 valence electrons. The second kappa shape index (κ2) is 9.32. The molecule has 0 spiro atoms. The number of hydrogen-bond acceptors (Lipinski definition) is 7. The van der Waals surface area contributed by atoms with Gasteiger partial charge in [-0.15, -0.1) is 0 Å². The maximum atomic E-state index is 13.2. The van der Waals surface area contributed by atoms with Gasteiger partial charge in [0, 0.05) is 23.6 Å². The number of carbonyl (C=O) groups excluding carboxylic acids is 2. The van der Waals surface area contributed by atoms with E-state index in [9.17, 15) is 23.1 Å². The molecule has 3 N–H and O–H groups in total. The number of carbonyl (C=O) groups is 2. The second-order valence-corrected chi connectivity index (χ2v) is 9.75. The Hall–Kier alpha value is -4.02. The van der Waals surface area contributed by atoms with Gasteiger partial charge < -0.3 is 9.84 Å². The van der Waals surface area contributed by atoms with Crippen molar-refractivity contribution in [1.82, 2.24) is 4.98 Å². The van der Waals surface area contributed by atoms with Crippen molar-refractivity contribution in [2.45, 2.75) is 30.9 Å². The normalized spacial score (nSPS) is 17.7. The number of benzene rings is 2. The number of nitrogens with zero attached hydrogens (tertiary/aromatic N) is 2. The molecular weight excluding hydrogens is 470 g/mol. The summed E-state index contributed by atoms with van der Waals surface area (Å²) in [5, 5.41) is 16.4. The number of Topliss-reactive ketones (excluding diaryl/α,β-unsaturated/α-hetero) is 1. The highest BCUT2D eigenvalue weighted by molar-refractivity contribution is 7.89. The Kier molecular flexibility index (Phi) is 6.42. The first-order chi connectivity index (χ1) is 16.6. The summed E-state index contributed by atoms with van der Waals surface area (Å²) in [5.74, 6) is -1.63. The Morgan fingerprint density at radius 1 is 1.09 bits per heavy atom. The molecule has 1 amide bonds. The predicted molar refractivity (Wildman–Crippen MR) is 129 cm³/mol. The van der Waals surface area contributed by atoms with Crippen LogP contribution in [0.2, 0.25) is 0 Å². The van der Waals surface area contributed by atoms with Crippen molar-refractivity contribution >= 4 is 33.2 Å². The van der Waals surface area contributed by atoms with E-state index < -0.39 is 27.8 Å². The molecule has 0 radical (unpaired) electrons. The van der Waals surface area contributed by atoms with Gasteiger partial charge >= 0.3 is 0 Å². The van der Waals surface area contributed by atoms with Gasteiger partial charge in [0.05, 0.1) is 22.6 Å². The van der Waals surface area contributed by atoms with Gasteiger partial charge in [-0.1, -0.05) is 18.2 Å². The van der Waals surface area contributed by atoms with E-state index in [2.05, 4.69) is 4.98 Å². The number of primary sulfonamides is 1. The Labute approximate surface area is 202 Å². The molecule has 1 saturated heterocycles. The first-order valence-corrected chi connectivity index (χ1v) is 12.2. The van der Waals surface area contributed by atoms with Crippen LogP contribution in [-0.4, -0.2) is 36.3 Å². The van der Waals surface area contributed by atoms with E-state index in [1.807, 2.05) is 13.8 Å². The van der Waals surface area contributed by atoms with E-state index in [4.69, 9.17) is 9.88 Å². The quantitative estimate of drug-likeness (QED) is 0.305. The van der Waals surface area contributed by atoms with Gasteiger partial charge in [-0.25, -0.2) is 13.6 Å². The van der Waals surface area contributed by atoms with Crippen LogP contribution in [0, 0.1) is 0 Å². The lowest BCUT2D eigenvalue weighted by Crippen LogP contribution is -2.29. The molecule has 1 aliphatic heterocycles. The van der Waals surface area contributed by atoms with E-state index in [1.165, 1.54) is 35.4 Å². The minimum atomic E-state index is -3.95. The number of amides is 1. The highest BCUT2D eigenvalue weighted by Crippen LogP contribution is 2.42. The Morgan fingerprint density at radius 2 is 1.80 bits per heavy atom. The molecule has 1 fully saturated rings. The fraction of sp³-hybridized carbons (Fsp3) is 0.160. The smallest absolute Gasteiger partial charge is 0.300 e. The monoisotopic (exact) mass is 493 g/mol. The second-order valence-electron chi connectivity index (χ2n) is 8.19. The molecule has 1 unspecified atom stereocenters. The number of ether oxygens (including phenoxy) is 1. The molecular formula is C25H23N3O6S. The van der Waals surface area contributed by atoms with E-state index in [0.29, 0.717) is 16.9 Å². The number of aliphatic hydroxyl groups is 1. The van der Waals surface area contributed by atoms with Crippen LogP contribution in [0.3, 0.4) is 0 Å². The van der Waals surface area contributed by atoms with Crippen LogP contribution in [0.1, 0.15) is 31.0 Å². The fourth-order valence-corrected chi connectivity index (χ4v) is 4.41.